The molecular formula is C10H24IN3. The average molecular weight is 313 g/mol. The van der Waals surface area contributed by atoms with Gasteiger partial charge in [-0.15, -0.1) is 24.0 Å². The molecule has 0 atom stereocenters. The third-order valence-electron chi connectivity index (χ3n) is 2.06. The first-order chi connectivity index (χ1) is 6.27. The molecule has 0 saturated carbocycles. The van der Waals surface area contributed by atoms with Crippen LogP contribution in [0.25, 0.3) is 0 Å². The molecule has 0 bridgehead atoms. The second kappa shape index (κ2) is 13.0. The Morgan fingerprint density at radius 1 is 0.929 bits per heavy atom. The quantitative estimate of drug-likeness (QED) is 0.313. The number of nitrogens with zero attached hydrogens (tertiary/aromatic N) is 1. The summed E-state index contributed by atoms with van der Waals surface area (Å²) in [5, 5.41) is 0. The number of rotatable bonds is 8. The lowest BCUT2D eigenvalue weighted by Crippen LogP contribution is -2.22. The second-order valence-electron chi connectivity index (χ2n) is 3.43. The Morgan fingerprint density at radius 3 is 1.93 bits per heavy atom. The zero-order valence-electron chi connectivity index (χ0n) is 9.17. The summed E-state index contributed by atoms with van der Waals surface area (Å²) >= 11 is 0. The van der Waals surface area contributed by atoms with E-state index in [0.29, 0.717) is 0 Å². The Kier molecular flexibility index (Phi) is 15.3. The molecule has 14 heavy (non-hydrogen) atoms. The van der Waals surface area contributed by atoms with E-state index in [1.807, 2.05) is 0 Å². The Hall–Kier alpha value is 0. The number of nitrogens with two attached hydrogens (primary N) is 2. The number of aliphatic imine (C=N–C) groups is 1. The SMILES string of the molecule is CCCCCCCCCN=C(N)N.I. The first-order valence-corrected chi connectivity index (χ1v) is 5.32. The summed E-state index contributed by atoms with van der Waals surface area (Å²) in [4.78, 5) is 3.93. The number of guanidine groups is 1. The zero-order valence-corrected chi connectivity index (χ0v) is 11.5. The van der Waals surface area contributed by atoms with Crippen LogP contribution in [-0.2, 0) is 0 Å². The van der Waals surface area contributed by atoms with Gasteiger partial charge < -0.3 is 11.5 Å². The summed E-state index contributed by atoms with van der Waals surface area (Å²) in [7, 11) is 0. The van der Waals surface area contributed by atoms with E-state index in [0.717, 1.165) is 13.0 Å². The molecule has 4 heteroatoms. The summed E-state index contributed by atoms with van der Waals surface area (Å²) in [6, 6.07) is 0. The molecule has 4 N–H and O–H groups in total. The van der Waals surface area contributed by atoms with Crippen molar-refractivity contribution in [2.45, 2.75) is 51.9 Å². The fourth-order valence-electron chi connectivity index (χ4n) is 1.28. The van der Waals surface area contributed by atoms with E-state index in [-0.39, 0.29) is 29.9 Å². The van der Waals surface area contributed by atoms with Crippen molar-refractivity contribution in [1.82, 2.24) is 0 Å². The van der Waals surface area contributed by atoms with E-state index in [9.17, 15) is 0 Å². The molecule has 0 aromatic carbocycles. The van der Waals surface area contributed by atoms with Gasteiger partial charge >= 0.3 is 0 Å². The fraction of sp³-hybridized carbons (Fsp3) is 0.900. The topological polar surface area (TPSA) is 64.4 Å². The summed E-state index contributed by atoms with van der Waals surface area (Å²) in [6.45, 7) is 3.02. The lowest BCUT2D eigenvalue weighted by atomic mass is 10.1. The molecule has 0 aliphatic rings. The van der Waals surface area contributed by atoms with Gasteiger partial charge in [0.05, 0.1) is 0 Å². The summed E-state index contributed by atoms with van der Waals surface area (Å²) in [5.74, 6) is 0.214. The third-order valence-corrected chi connectivity index (χ3v) is 2.06. The molecule has 0 aromatic heterocycles. The highest BCUT2D eigenvalue weighted by molar-refractivity contribution is 14.0. The smallest absolute Gasteiger partial charge is 0.185 e. The summed E-state index contributed by atoms with van der Waals surface area (Å²) in [5.41, 5.74) is 10.4. The zero-order chi connectivity index (χ0) is 9.94. The van der Waals surface area contributed by atoms with Gasteiger partial charge in [0.1, 0.15) is 0 Å². The van der Waals surface area contributed by atoms with Crippen LogP contribution in [0.15, 0.2) is 4.99 Å². The molecule has 0 unspecified atom stereocenters. The van der Waals surface area contributed by atoms with Crippen LogP contribution in [-0.4, -0.2) is 12.5 Å². The lowest BCUT2D eigenvalue weighted by Gasteiger charge is -1.98. The molecule has 0 heterocycles. The minimum Gasteiger partial charge on any atom is -0.370 e. The van der Waals surface area contributed by atoms with Crippen LogP contribution in [0.2, 0.25) is 0 Å². The van der Waals surface area contributed by atoms with Crippen molar-refractivity contribution in [3.05, 3.63) is 0 Å². The highest BCUT2D eigenvalue weighted by Gasteiger charge is 1.89. The summed E-state index contributed by atoms with van der Waals surface area (Å²) < 4.78 is 0. The van der Waals surface area contributed by atoms with Crippen LogP contribution < -0.4 is 11.5 Å². The molecule has 0 fully saturated rings. The van der Waals surface area contributed by atoms with Gasteiger partial charge in [0.15, 0.2) is 5.96 Å². The molecule has 0 saturated heterocycles. The van der Waals surface area contributed by atoms with Gasteiger partial charge in [0.25, 0.3) is 0 Å². The van der Waals surface area contributed by atoms with E-state index >= 15 is 0 Å². The monoisotopic (exact) mass is 313 g/mol. The molecule has 0 radical (unpaired) electrons. The van der Waals surface area contributed by atoms with Gasteiger partial charge in [-0.1, -0.05) is 45.4 Å². The Bertz CT molecular complexity index is 133. The van der Waals surface area contributed by atoms with Crippen LogP contribution in [0.1, 0.15) is 51.9 Å². The normalized spacial score (nSPS) is 9.21. The van der Waals surface area contributed by atoms with E-state index in [4.69, 9.17) is 11.5 Å². The van der Waals surface area contributed by atoms with Crippen LogP contribution in [0.4, 0.5) is 0 Å². The molecule has 0 spiro atoms. The molecule has 0 rings (SSSR count). The number of halogens is 1. The van der Waals surface area contributed by atoms with Gasteiger partial charge in [-0.05, 0) is 6.42 Å². The Morgan fingerprint density at radius 2 is 1.43 bits per heavy atom. The van der Waals surface area contributed by atoms with Gasteiger partial charge in [-0.25, -0.2) is 0 Å². The lowest BCUT2D eigenvalue weighted by molar-refractivity contribution is 0.593. The maximum atomic E-state index is 5.20. The second-order valence-corrected chi connectivity index (χ2v) is 3.43. The predicted molar refractivity (Wildman–Crippen MR) is 74.1 cm³/mol. The molecule has 0 aliphatic carbocycles. The van der Waals surface area contributed by atoms with Crippen molar-refractivity contribution in [3.8, 4) is 0 Å². The van der Waals surface area contributed by atoms with E-state index in [1.54, 1.807) is 0 Å². The van der Waals surface area contributed by atoms with Gasteiger partial charge in [-0.2, -0.15) is 0 Å². The standard InChI is InChI=1S/C10H23N3.HI/c1-2-3-4-5-6-7-8-9-13-10(11)12;/h2-9H2,1H3,(H4,11,12,13);1H. The van der Waals surface area contributed by atoms with Crippen LogP contribution in [0.3, 0.4) is 0 Å². The van der Waals surface area contributed by atoms with Crippen molar-refractivity contribution >= 4 is 29.9 Å². The van der Waals surface area contributed by atoms with E-state index in [2.05, 4.69) is 11.9 Å². The average Bonchev–Trinajstić information content (AvgIpc) is 2.09. The van der Waals surface area contributed by atoms with Crippen molar-refractivity contribution < 1.29 is 0 Å². The van der Waals surface area contributed by atoms with E-state index < -0.39 is 0 Å². The van der Waals surface area contributed by atoms with Crippen LogP contribution in [0, 0.1) is 0 Å². The fourth-order valence-corrected chi connectivity index (χ4v) is 1.28. The molecular weight excluding hydrogens is 289 g/mol. The maximum absolute atomic E-state index is 5.20. The summed E-state index contributed by atoms with van der Waals surface area (Å²) in [6.07, 6.45) is 9.10. The third kappa shape index (κ3) is 14.5. The number of hydrogen-bond acceptors (Lipinski definition) is 1. The Balaban J connectivity index is 0. The van der Waals surface area contributed by atoms with Crippen molar-refractivity contribution in [2.24, 2.45) is 16.5 Å². The van der Waals surface area contributed by atoms with Crippen molar-refractivity contribution in [3.63, 3.8) is 0 Å². The highest BCUT2D eigenvalue weighted by atomic mass is 127. The van der Waals surface area contributed by atoms with Crippen LogP contribution in [0.5, 0.6) is 0 Å². The van der Waals surface area contributed by atoms with Crippen molar-refractivity contribution in [2.75, 3.05) is 6.54 Å². The van der Waals surface area contributed by atoms with Crippen LogP contribution >= 0.6 is 24.0 Å². The minimum absolute atomic E-state index is 0. The molecule has 0 aliphatic heterocycles. The first kappa shape index (κ1) is 16.4. The maximum Gasteiger partial charge on any atom is 0.185 e. The van der Waals surface area contributed by atoms with E-state index in [1.165, 1.54) is 38.5 Å². The largest absolute Gasteiger partial charge is 0.370 e. The van der Waals surface area contributed by atoms with Gasteiger partial charge in [0, 0.05) is 6.54 Å². The first-order valence-electron chi connectivity index (χ1n) is 5.32. The van der Waals surface area contributed by atoms with Crippen molar-refractivity contribution in [1.29, 1.82) is 0 Å². The van der Waals surface area contributed by atoms with Gasteiger partial charge in [-0.3, -0.25) is 4.99 Å². The predicted octanol–water partition coefficient (Wildman–Crippen LogP) is 2.63. The molecule has 0 aromatic rings. The number of unbranched alkanes of at least 4 members (excludes halogenated alkanes) is 6. The molecule has 0 amide bonds. The highest BCUT2D eigenvalue weighted by Crippen LogP contribution is 2.06. The minimum atomic E-state index is 0. The number of hydrogen-bond donors (Lipinski definition) is 2. The van der Waals surface area contributed by atoms with Gasteiger partial charge in [0.2, 0.25) is 0 Å². The Labute approximate surface area is 105 Å². The molecule has 3 nitrogen and oxygen atoms in total. The molecule has 86 valence electrons.